The molecule has 6 nitrogen and oxygen atoms in total. The van der Waals surface area contributed by atoms with E-state index in [2.05, 4.69) is 15.0 Å². The molecular weight excluding hydrogens is 258 g/mol. The number of carbonyl (C=O) groups excluding carboxylic acids is 3. The maximum absolute atomic E-state index is 10.4. The quantitative estimate of drug-likeness (QED) is 0.312. The van der Waals surface area contributed by atoms with Crippen molar-refractivity contribution in [1.82, 2.24) is 0 Å². The van der Waals surface area contributed by atoms with E-state index in [-0.39, 0.29) is 12.1 Å². The number of isocyanates is 3. The molecular formula is C14H21N3O3. The van der Waals surface area contributed by atoms with Gasteiger partial charge in [0.15, 0.2) is 0 Å². The Balaban J connectivity index is 4.08. The van der Waals surface area contributed by atoms with Gasteiger partial charge in [-0.05, 0) is 38.5 Å². The summed E-state index contributed by atoms with van der Waals surface area (Å²) >= 11 is 0. The maximum Gasteiger partial charge on any atom is 0.235 e. The SMILES string of the molecule is CCCC(CCCC(CCCN=C=O)N=C=O)N=C=O. The van der Waals surface area contributed by atoms with E-state index in [1.165, 1.54) is 6.08 Å². The van der Waals surface area contributed by atoms with Crippen molar-refractivity contribution < 1.29 is 14.4 Å². The van der Waals surface area contributed by atoms with Crippen molar-refractivity contribution in [3.63, 3.8) is 0 Å². The largest absolute Gasteiger partial charge is 0.235 e. The summed E-state index contributed by atoms with van der Waals surface area (Å²) in [5.41, 5.74) is 0. The predicted octanol–water partition coefficient (Wildman–Crippen LogP) is 2.48. The first-order valence-electron chi connectivity index (χ1n) is 6.96. The van der Waals surface area contributed by atoms with Crippen molar-refractivity contribution in [1.29, 1.82) is 0 Å². The van der Waals surface area contributed by atoms with Gasteiger partial charge in [0.2, 0.25) is 18.2 Å². The molecule has 0 rings (SSSR count). The van der Waals surface area contributed by atoms with Crippen LogP contribution in [-0.4, -0.2) is 36.9 Å². The molecule has 6 heteroatoms. The van der Waals surface area contributed by atoms with Crippen LogP contribution in [0.4, 0.5) is 0 Å². The van der Waals surface area contributed by atoms with Crippen LogP contribution in [-0.2, 0) is 14.4 Å². The third-order valence-corrected chi connectivity index (χ3v) is 3.04. The van der Waals surface area contributed by atoms with Crippen LogP contribution in [0.1, 0.15) is 51.9 Å². The summed E-state index contributed by atoms with van der Waals surface area (Å²) in [6, 6.07) is -0.0881. The fourth-order valence-electron chi connectivity index (χ4n) is 2.07. The number of rotatable bonds is 12. The van der Waals surface area contributed by atoms with Gasteiger partial charge in [-0.2, -0.15) is 0 Å². The monoisotopic (exact) mass is 279 g/mol. The summed E-state index contributed by atoms with van der Waals surface area (Å²) in [4.78, 5) is 41.6. The molecule has 0 heterocycles. The van der Waals surface area contributed by atoms with Gasteiger partial charge in [0, 0.05) is 0 Å². The predicted molar refractivity (Wildman–Crippen MR) is 74.8 cm³/mol. The fourth-order valence-corrected chi connectivity index (χ4v) is 2.07. The Bertz CT molecular complexity index is 392. The zero-order valence-electron chi connectivity index (χ0n) is 11.9. The average Bonchev–Trinajstić information content (AvgIpc) is 2.44. The van der Waals surface area contributed by atoms with E-state index < -0.39 is 0 Å². The average molecular weight is 279 g/mol. The van der Waals surface area contributed by atoms with Crippen LogP contribution in [0.3, 0.4) is 0 Å². The fraction of sp³-hybridized carbons (Fsp3) is 0.786. The lowest BCUT2D eigenvalue weighted by atomic mass is 10.0. The molecule has 0 aromatic rings. The normalized spacial score (nSPS) is 12.4. The number of hydrogen-bond donors (Lipinski definition) is 0. The molecule has 0 aliphatic rings. The lowest BCUT2D eigenvalue weighted by Crippen LogP contribution is -2.09. The molecule has 0 amide bonds. The Hall–Kier alpha value is -1.86. The molecule has 0 aromatic heterocycles. The van der Waals surface area contributed by atoms with Gasteiger partial charge in [0.25, 0.3) is 0 Å². The van der Waals surface area contributed by atoms with Crippen molar-refractivity contribution in [2.24, 2.45) is 15.0 Å². The number of nitrogens with zero attached hydrogens (tertiary/aromatic N) is 3. The highest BCUT2D eigenvalue weighted by molar-refractivity contribution is 5.34. The molecule has 0 saturated carbocycles. The van der Waals surface area contributed by atoms with E-state index in [1.807, 2.05) is 6.92 Å². The van der Waals surface area contributed by atoms with Crippen LogP contribution >= 0.6 is 0 Å². The van der Waals surface area contributed by atoms with Crippen LogP contribution in [0, 0.1) is 0 Å². The van der Waals surface area contributed by atoms with Crippen molar-refractivity contribution in [2.45, 2.75) is 64.0 Å². The Kier molecular flexibility index (Phi) is 12.3. The first kappa shape index (κ1) is 18.1. The molecule has 20 heavy (non-hydrogen) atoms. The zero-order valence-corrected chi connectivity index (χ0v) is 11.9. The van der Waals surface area contributed by atoms with E-state index in [0.29, 0.717) is 19.4 Å². The van der Waals surface area contributed by atoms with Crippen molar-refractivity contribution in [3.05, 3.63) is 0 Å². The van der Waals surface area contributed by atoms with Crippen LogP contribution in [0.15, 0.2) is 15.0 Å². The molecule has 0 aromatic carbocycles. The van der Waals surface area contributed by atoms with Gasteiger partial charge in [-0.1, -0.05) is 13.3 Å². The number of hydrogen-bond acceptors (Lipinski definition) is 6. The third kappa shape index (κ3) is 10.1. The molecule has 0 saturated heterocycles. The van der Waals surface area contributed by atoms with Gasteiger partial charge in [0.1, 0.15) is 0 Å². The first-order chi connectivity index (χ1) is 9.78. The molecule has 2 unspecified atom stereocenters. The second-order valence-electron chi connectivity index (χ2n) is 4.58. The van der Waals surface area contributed by atoms with Crippen LogP contribution in [0.25, 0.3) is 0 Å². The molecule has 0 aliphatic heterocycles. The highest BCUT2D eigenvalue weighted by atomic mass is 16.1. The summed E-state index contributed by atoms with van der Waals surface area (Å²) < 4.78 is 0. The van der Waals surface area contributed by atoms with E-state index in [0.717, 1.165) is 32.1 Å². The van der Waals surface area contributed by atoms with Crippen LogP contribution in [0.5, 0.6) is 0 Å². The third-order valence-electron chi connectivity index (χ3n) is 3.04. The van der Waals surface area contributed by atoms with E-state index in [1.54, 1.807) is 12.2 Å². The number of aliphatic imine (C=N–C) groups is 3. The van der Waals surface area contributed by atoms with E-state index in [9.17, 15) is 14.4 Å². The van der Waals surface area contributed by atoms with Crippen molar-refractivity contribution in [3.8, 4) is 0 Å². The minimum absolute atomic E-state index is 0.0121. The standard InChI is InChI=1S/C14H21N3O3/c1-2-5-13(16-11-19)6-3-7-14(17-12-20)8-4-9-15-10-18/h13-14H,2-9H2,1H3. The minimum atomic E-state index is -0.100. The molecule has 0 fully saturated rings. The molecule has 0 aliphatic carbocycles. The second-order valence-corrected chi connectivity index (χ2v) is 4.58. The van der Waals surface area contributed by atoms with Crippen LogP contribution < -0.4 is 0 Å². The van der Waals surface area contributed by atoms with E-state index >= 15 is 0 Å². The summed E-state index contributed by atoms with van der Waals surface area (Å²) in [5.74, 6) is 0. The van der Waals surface area contributed by atoms with Gasteiger partial charge in [-0.15, -0.1) is 0 Å². The Labute approximate surface area is 119 Å². The maximum atomic E-state index is 10.4. The smallest absolute Gasteiger partial charge is 0.211 e. The summed E-state index contributed by atoms with van der Waals surface area (Å²) in [6.07, 6.45) is 10.2. The molecule has 2 atom stereocenters. The zero-order chi connectivity index (χ0) is 15.1. The summed E-state index contributed by atoms with van der Waals surface area (Å²) in [6.45, 7) is 2.45. The Morgan fingerprint density at radius 1 is 0.800 bits per heavy atom. The van der Waals surface area contributed by atoms with Gasteiger partial charge in [-0.25, -0.2) is 29.4 Å². The molecule has 0 N–H and O–H groups in total. The summed E-state index contributed by atoms with van der Waals surface area (Å²) in [7, 11) is 0. The highest BCUT2D eigenvalue weighted by Crippen LogP contribution is 2.15. The second kappa shape index (κ2) is 13.6. The van der Waals surface area contributed by atoms with Gasteiger partial charge in [0.05, 0.1) is 18.6 Å². The lowest BCUT2D eigenvalue weighted by molar-refractivity contribution is 0.471. The Morgan fingerprint density at radius 3 is 1.85 bits per heavy atom. The van der Waals surface area contributed by atoms with Gasteiger partial charge < -0.3 is 0 Å². The topological polar surface area (TPSA) is 88.3 Å². The van der Waals surface area contributed by atoms with Gasteiger partial charge in [-0.3, -0.25) is 0 Å². The van der Waals surface area contributed by atoms with Crippen LogP contribution in [0.2, 0.25) is 0 Å². The molecule has 0 bridgehead atoms. The summed E-state index contributed by atoms with van der Waals surface area (Å²) in [5, 5.41) is 0. The van der Waals surface area contributed by atoms with Crippen molar-refractivity contribution >= 4 is 18.2 Å². The molecule has 0 radical (unpaired) electrons. The van der Waals surface area contributed by atoms with Crippen molar-refractivity contribution in [2.75, 3.05) is 6.54 Å². The Morgan fingerprint density at radius 2 is 1.35 bits per heavy atom. The lowest BCUT2D eigenvalue weighted by Gasteiger charge is -2.12. The first-order valence-corrected chi connectivity index (χ1v) is 6.96. The van der Waals surface area contributed by atoms with E-state index in [4.69, 9.17) is 0 Å². The highest BCUT2D eigenvalue weighted by Gasteiger charge is 2.10. The molecule has 110 valence electrons. The molecule has 0 spiro atoms. The minimum Gasteiger partial charge on any atom is -0.211 e. The van der Waals surface area contributed by atoms with Gasteiger partial charge >= 0.3 is 0 Å².